The smallest absolute Gasteiger partial charge is 0.224 e. The number of ketones is 1. The van der Waals surface area contributed by atoms with E-state index in [1.807, 2.05) is 36.4 Å². The van der Waals surface area contributed by atoms with Gasteiger partial charge in [-0.05, 0) is 60.6 Å². The maximum Gasteiger partial charge on any atom is 0.224 e. The third-order valence-electron chi connectivity index (χ3n) is 6.00. The number of hydrogen-bond acceptors (Lipinski definition) is 4. The maximum atomic E-state index is 12.5. The zero-order valence-corrected chi connectivity index (χ0v) is 17.5. The lowest BCUT2D eigenvalue weighted by atomic mass is 9.89. The number of amides is 1. The fourth-order valence-corrected chi connectivity index (χ4v) is 4.21. The van der Waals surface area contributed by atoms with Crippen molar-refractivity contribution >= 4 is 17.4 Å². The van der Waals surface area contributed by atoms with E-state index in [-0.39, 0.29) is 24.5 Å². The molecule has 5 nitrogen and oxygen atoms in total. The second-order valence-corrected chi connectivity index (χ2v) is 8.25. The van der Waals surface area contributed by atoms with Gasteiger partial charge in [0.05, 0.1) is 13.2 Å². The predicted molar refractivity (Wildman–Crippen MR) is 118 cm³/mol. The van der Waals surface area contributed by atoms with Gasteiger partial charge in [0, 0.05) is 43.7 Å². The molecule has 1 N–H and O–H groups in total. The number of ether oxygens (including phenoxy) is 1. The molecule has 0 radical (unpaired) electrons. The third kappa shape index (κ3) is 5.55. The molecular weight excluding hydrogens is 376 g/mol. The van der Waals surface area contributed by atoms with E-state index >= 15 is 0 Å². The molecule has 0 unspecified atom stereocenters. The Bertz CT molecular complexity index is 886. The monoisotopic (exact) mass is 406 g/mol. The van der Waals surface area contributed by atoms with Crippen LogP contribution in [0.2, 0.25) is 0 Å². The lowest BCUT2D eigenvalue weighted by Gasteiger charge is -2.26. The van der Waals surface area contributed by atoms with Gasteiger partial charge in [-0.2, -0.15) is 0 Å². The minimum atomic E-state index is -0.123. The number of nitrogens with zero attached hydrogens (tertiary/aromatic N) is 1. The van der Waals surface area contributed by atoms with Crippen LogP contribution < -0.4 is 5.32 Å². The molecule has 2 aromatic rings. The summed E-state index contributed by atoms with van der Waals surface area (Å²) in [5.74, 6) is -0.0818. The van der Waals surface area contributed by atoms with E-state index in [0.29, 0.717) is 0 Å². The Morgan fingerprint density at radius 1 is 0.900 bits per heavy atom. The van der Waals surface area contributed by atoms with Gasteiger partial charge in [0.2, 0.25) is 5.91 Å². The van der Waals surface area contributed by atoms with E-state index in [1.165, 1.54) is 29.5 Å². The van der Waals surface area contributed by atoms with Crippen molar-refractivity contribution in [3.05, 3.63) is 64.7 Å². The molecule has 0 spiro atoms. The molecule has 5 heteroatoms. The summed E-state index contributed by atoms with van der Waals surface area (Å²) in [6, 6.07) is 14.0. The van der Waals surface area contributed by atoms with Crippen molar-refractivity contribution in [1.29, 1.82) is 0 Å². The van der Waals surface area contributed by atoms with Crippen LogP contribution in [-0.2, 0) is 28.9 Å². The summed E-state index contributed by atoms with van der Waals surface area (Å²) in [6.45, 7) is 4.39. The number of carbonyl (C=O) groups is 2. The highest BCUT2D eigenvalue weighted by molar-refractivity contribution is 6.00. The molecule has 30 heavy (non-hydrogen) atoms. The Hall–Kier alpha value is -2.50. The molecular formula is C25H30N2O3. The molecule has 0 bridgehead atoms. The van der Waals surface area contributed by atoms with Crippen LogP contribution in [0, 0.1) is 0 Å². The molecule has 0 saturated carbocycles. The summed E-state index contributed by atoms with van der Waals surface area (Å²) in [5.41, 5.74) is 5.39. The van der Waals surface area contributed by atoms with E-state index in [2.05, 4.69) is 16.3 Å². The molecule has 1 aliphatic carbocycles. The minimum Gasteiger partial charge on any atom is -0.379 e. The van der Waals surface area contributed by atoms with E-state index in [4.69, 9.17) is 4.74 Å². The molecule has 1 fully saturated rings. The molecule has 2 aromatic carbocycles. The average Bonchev–Trinajstić information content (AvgIpc) is 2.79. The van der Waals surface area contributed by atoms with Crippen molar-refractivity contribution in [2.45, 2.75) is 45.1 Å². The van der Waals surface area contributed by atoms with Crippen LogP contribution in [0.5, 0.6) is 0 Å². The molecule has 2 aliphatic rings. The van der Waals surface area contributed by atoms with Crippen LogP contribution in [0.3, 0.4) is 0 Å². The van der Waals surface area contributed by atoms with Crippen LogP contribution in [0.15, 0.2) is 42.5 Å². The van der Waals surface area contributed by atoms with Crippen molar-refractivity contribution in [2.75, 3.05) is 31.6 Å². The zero-order valence-electron chi connectivity index (χ0n) is 17.5. The quantitative estimate of drug-likeness (QED) is 0.706. The molecule has 1 saturated heterocycles. The second-order valence-electron chi connectivity index (χ2n) is 8.25. The molecule has 0 aromatic heterocycles. The second kappa shape index (κ2) is 10.0. The molecule has 4 rings (SSSR count). The highest BCUT2D eigenvalue weighted by atomic mass is 16.5. The Morgan fingerprint density at radius 2 is 1.63 bits per heavy atom. The first-order chi connectivity index (χ1) is 14.7. The Labute approximate surface area is 178 Å². The van der Waals surface area contributed by atoms with Crippen LogP contribution in [0.25, 0.3) is 0 Å². The van der Waals surface area contributed by atoms with Gasteiger partial charge in [-0.3, -0.25) is 14.5 Å². The summed E-state index contributed by atoms with van der Waals surface area (Å²) in [6.07, 6.45) is 5.02. The van der Waals surface area contributed by atoms with Crippen LogP contribution in [-0.4, -0.2) is 42.9 Å². The van der Waals surface area contributed by atoms with Gasteiger partial charge >= 0.3 is 0 Å². The number of benzene rings is 2. The van der Waals surface area contributed by atoms with Crippen molar-refractivity contribution in [1.82, 2.24) is 4.90 Å². The largest absolute Gasteiger partial charge is 0.379 e. The number of carbonyl (C=O) groups excluding carboxylic acids is 2. The van der Waals surface area contributed by atoms with Crippen molar-refractivity contribution in [3.63, 3.8) is 0 Å². The number of aryl methyl sites for hydroxylation is 2. The van der Waals surface area contributed by atoms with Gasteiger partial charge in [0.1, 0.15) is 0 Å². The third-order valence-corrected chi connectivity index (χ3v) is 6.00. The number of hydrogen-bond donors (Lipinski definition) is 1. The first-order valence-corrected chi connectivity index (χ1v) is 11.0. The summed E-state index contributed by atoms with van der Waals surface area (Å²) in [5, 5.41) is 2.90. The first-order valence-electron chi connectivity index (χ1n) is 11.0. The number of anilines is 1. The summed E-state index contributed by atoms with van der Waals surface area (Å²) in [4.78, 5) is 27.2. The van der Waals surface area contributed by atoms with Gasteiger partial charge in [-0.1, -0.05) is 24.3 Å². The fourth-order valence-electron chi connectivity index (χ4n) is 4.21. The van der Waals surface area contributed by atoms with E-state index in [1.54, 1.807) is 0 Å². The molecule has 1 amide bonds. The summed E-state index contributed by atoms with van der Waals surface area (Å²) in [7, 11) is 0. The number of nitrogens with one attached hydrogen (secondary N) is 1. The highest BCUT2D eigenvalue weighted by Gasteiger charge is 2.14. The van der Waals surface area contributed by atoms with Gasteiger partial charge in [0.25, 0.3) is 0 Å². The van der Waals surface area contributed by atoms with Crippen LogP contribution >= 0.6 is 0 Å². The number of rotatable bonds is 7. The lowest BCUT2D eigenvalue weighted by Crippen LogP contribution is -2.35. The SMILES string of the molecule is O=C(CCC(=O)c1ccc2c(c1)CCCC2)Nc1ccc(CN2CCOCC2)cc1. The Balaban J connectivity index is 1.24. The Kier molecular flexibility index (Phi) is 6.92. The van der Waals surface area contributed by atoms with Crippen molar-refractivity contribution in [3.8, 4) is 0 Å². The summed E-state index contributed by atoms with van der Waals surface area (Å²) >= 11 is 0. The standard InChI is InChI=1S/C25H30N2O3/c28-24(22-8-7-20-3-1-2-4-21(20)17-22)11-12-25(29)26-23-9-5-19(6-10-23)18-27-13-15-30-16-14-27/h5-10,17H,1-4,11-16,18H2,(H,26,29). The molecule has 1 heterocycles. The zero-order chi connectivity index (χ0) is 20.8. The number of morpholine rings is 1. The predicted octanol–water partition coefficient (Wildman–Crippen LogP) is 4.00. The first kappa shape index (κ1) is 20.8. The van der Waals surface area contributed by atoms with E-state index in [0.717, 1.165) is 56.9 Å². The number of Topliss-reactive ketones (excluding diaryl/α,β-unsaturated/α-hetero) is 1. The highest BCUT2D eigenvalue weighted by Crippen LogP contribution is 2.23. The molecule has 1 aliphatic heterocycles. The number of fused-ring (bicyclic) bond motifs is 1. The van der Waals surface area contributed by atoms with E-state index in [9.17, 15) is 9.59 Å². The van der Waals surface area contributed by atoms with Crippen LogP contribution in [0.1, 0.15) is 52.7 Å². The normalized spacial score (nSPS) is 16.7. The fraction of sp³-hybridized carbons (Fsp3) is 0.440. The van der Waals surface area contributed by atoms with Crippen LogP contribution in [0.4, 0.5) is 5.69 Å². The van der Waals surface area contributed by atoms with Gasteiger partial charge in [0.15, 0.2) is 5.78 Å². The van der Waals surface area contributed by atoms with E-state index < -0.39 is 0 Å². The van der Waals surface area contributed by atoms with Crippen molar-refractivity contribution < 1.29 is 14.3 Å². The van der Waals surface area contributed by atoms with Gasteiger partial charge < -0.3 is 10.1 Å². The lowest BCUT2D eigenvalue weighted by molar-refractivity contribution is -0.116. The topological polar surface area (TPSA) is 58.6 Å². The maximum absolute atomic E-state index is 12.5. The van der Waals surface area contributed by atoms with Gasteiger partial charge in [-0.15, -0.1) is 0 Å². The minimum absolute atomic E-state index is 0.0411. The molecule has 0 atom stereocenters. The molecule has 158 valence electrons. The van der Waals surface area contributed by atoms with Gasteiger partial charge in [-0.25, -0.2) is 0 Å². The Morgan fingerprint density at radius 3 is 2.40 bits per heavy atom. The summed E-state index contributed by atoms with van der Waals surface area (Å²) < 4.78 is 5.38. The average molecular weight is 407 g/mol. The van der Waals surface area contributed by atoms with Crippen molar-refractivity contribution in [2.24, 2.45) is 0 Å².